The minimum atomic E-state index is -3.52. The molecule has 0 aliphatic carbocycles. The minimum absolute atomic E-state index is 0.130. The van der Waals surface area contributed by atoms with E-state index in [9.17, 15) is 8.42 Å². The highest BCUT2D eigenvalue weighted by Gasteiger charge is 2.15. The van der Waals surface area contributed by atoms with Crippen LogP contribution >= 0.6 is 11.3 Å². The van der Waals surface area contributed by atoms with Gasteiger partial charge in [-0.25, -0.2) is 13.4 Å². The van der Waals surface area contributed by atoms with E-state index in [-0.39, 0.29) is 4.90 Å². The van der Waals surface area contributed by atoms with Crippen molar-refractivity contribution >= 4 is 36.5 Å². The first kappa shape index (κ1) is 10.9. The summed E-state index contributed by atoms with van der Waals surface area (Å²) < 4.78 is 23.9. The molecule has 0 saturated heterocycles. The number of nitrogen functional groups attached to an aromatic ring is 1. The van der Waals surface area contributed by atoms with E-state index < -0.39 is 15.6 Å². The summed E-state index contributed by atoms with van der Waals surface area (Å²) in [6, 6.07) is 6.16. The van der Waals surface area contributed by atoms with Gasteiger partial charge in [-0.1, -0.05) is 11.3 Å². The highest BCUT2D eigenvalue weighted by Crippen LogP contribution is 2.26. The van der Waals surface area contributed by atoms with Crippen LogP contribution in [0.5, 0.6) is 0 Å². The lowest BCUT2D eigenvalue weighted by Gasteiger charge is -1.98. The summed E-state index contributed by atoms with van der Waals surface area (Å²) in [4.78, 5) is 4.15. The van der Waals surface area contributed by atoms with Crippen molar-refractivity contribution in [1.82, 2.24) is 4.98 Å². The van der Waals surface area contributed by atoms with E-state index in [1.165, 1.54) is 23.5 Å². The van der Waals surface area contributed by atoms with Gasteiger partial charge in [0.05, 0.1) is 21.2 Å². The molecule has 0 saturated carbocycles. The zero-order valence-corrected chi connectivity index (χ0v) is 9.68. The maximum atomic E-state index is 11.6. The van der Waals surface area contributed by atoms with Gasteiger partial charge < -0.3 is 5.73 Å². The van der Waals surface area contributed by atoms with Crippen LogP contribution in [0.3, 0.4) is 0 Å². The number of benzene rings is 1. The second-order valence-corrected chi connectivity index (χ2v) is 6.15. The molecule has 0 fully saturated rings. The summed E-state index contributed by atoms with van der Waals surface area (Å²) in [6.45, 7) is 0. The highest BCUT2D eigenvalue weighted by atomic mass is 32.2. The topological polar surface area (TPSA) is 96.8 Å². The molecule has 1 aromatic carbocycles. The van der Waals surface area contributed by atoms with Gasteiger partial charge in [0.1, 0.15) is 5.75 Å². The van der Waals surface area contributed by atoms with E-state index >= 15 is 0 Å². The zero-order chi connectivity index (χ0) is 11.8. The van der Waals surface area contributed by atoms with Gasteiger partial charge in [-0.15, -0.1) is 0 Å². The first-order chi connectivity index (χ1) is 7.53. The maximum Gasteiger partial charge on any atom is 0.191 e. The van der Waals surface area contributed by atoms with Crippen LogP contribution < -0.4 is 5.73 Å². The molecule has 2 N–H and O–H groups in total. The number of aromatic nitrogens is 1. The molecule has 1 aromatic heterocycles. The summed E-state index contributed by atoms with van der Waals surface area (Å²) in [5.74, 6) is -0.521. The van der Waals surface area contributed by atoms with Crippen LogP contribution in [0.4, 0.5) is 5.13 Å². The zero-order valence-electron chi connectivity index (χ0n) is 8.04. The molecule has 0 unspecified atom stereocenters. The molecule has 16 heavy (non-hydrogen) atoms. The van der Waals surface area contributed by atoms with Crippen molar-refractivity contribution in [3.8, 4) is 6.07 Å². The number of nitrogens with zero attached hydrogens (tertiary/aromatic N) is 2. The quantitative estimate of drug-likeness (QED) is 0.866. The molecule has 2 rings (SSSR count). The van der Waals surface area contributed by atoms with Crippen LogP contribution in [-0.2, 0) is 9.84 Å². The van der Waals surface area contributed by atoms with E-state index in [0.717, 1.165) is 0 Å². The molecule has 0 aliphatic heterocycles. The number of rotatable bonds is 2. The van der Waals surface area contributed by atoms with Gasteiger partial charge in [0.25, 0.3) is 0 Å². The van der Waals surface area contributed by atoms with Gasteiger partial charge in [0.2, 0.25) is 0 Å². The van der Waals surface area contributed by atoms with Crippen LogP contribution in [0.1, 0.15) is 0 Å². The molecular formula is C9H7N3O2S2. The molecule has 82 valence electrons. The highest BCUT2D eigenvalue weighted by molar-refractivity contribution is 7.91. The Hall–Kier alpha value is -1.65. The number of nitriles is 1. The maximum absolute atomic E-state index is 11.6. The summed E-state index contributed by atoms with van der Waals surface area (Å²) in [6.07, 6.45) is 0. The number of hydrogen-bond acceptors (Lipinski definition) is 6. The molecule has 2 aromatic rings. The molecular weight excluding hydrogens is 246 g/mol. The fourth-order valence-electron chi connectivity index (χ4n) is 1.28. The molecule has 5 nitrogen and oxygen atoms in total. The van der Waals surface area contributed by atoms with Crippen molar-refractivity contribution in [3.63, 3.8) is 0 Å². The Kier molecular flexibility index (Phi) is 2.53. The number of sulfone groups is 1. The lowest BCUT2D eigenvalue weighted by Crippen LogP contribution is -2.04. The lowest BCUT2D eigenvalue weighted by molar-refractivity contribution is 0.599. The third-order valence-corrected chi connectivity index (χ3v) is 4.32. The van der Waals surface area contributed by atoms with Gasteiger partial charge in [0, 0.05) is 0 Å². The largest absolute Gasteiger partial charge is 0.375 e. The smallest absolute Gasteiger partial charge is 0.191 e. The van der Waals surface area contributed by atoms with E-state index in [0.29, 0.717) is 15.3 Å². The Morgan fingerprint density at radius 3 is 2.94 bits per heavy atom. The average molecular weight is 253 g/mol. The molecule has 0 bridgehead atoms. The van der Waals surface area contributed by atoms with Crippen LogP contribution in [0.25, 0.3) is 10.2 Å². The van der Waals surface area contributed by atoms with Crippen LogP contribution in [-0.4, -0.2) is 19.2 Å². The summed E-state index contributed by atoms with van der Waals surface area (Å²) >= 11 is 1.22. The molecule has 0 radical (unpaired) electrons. The molecule has 0 spiro atoms. The molecule has 0 atom stereocenters. The van der Waals surface area contributed by atoms with Gasteiger partial charge >= 0.3 is 0 Å². The Balaban J connectivity index is 2.60. The van der Waals surface area contributed by atoms with Gasteiger partial charge in [-0.05, 0) is 18.2 Å². The third kappa shape index (κ3) is 1.85. The second-order valence-electron chi connectivity index (χ2n) is 3.10. The first-order valence-electron chi connectivity index (χ1n) is 4.29. The van der Waals surface area contributed by atoms with Crippen LogP contribution in [0.2, 0.25) is 0 Å². The van der Waals surface area contributed by atoms with E-state index in [1.807, 2.05) is 0 Å². The van der Waals surface area contributed by atoms with Crippen molar-refractivity contribution < 1.29 is 8.42 Å². The standard InChI is InChI=1S/C9H7N3O2S2/c10-3-4-16(13,14)6-1-2-7-8(5-6)15-9(11)12-7/h1-2,5H,4H2,(H2,11,12). The SMILES string of the molecule is N#CCS(=O)(=O)c1ccc2nc(N)sc2c1. The molecule has 7 heteroatoms. The van der Waals surface area contributed by atoms with Crippen LogP contribution in [0, 0.1) is 11.3 Å². The monoisotopic (exact) mass is 253 g/mol. The second kappa shape index (κ2) is 3.73. The average Bonchev–Trinajstić information content (AvgIpc) is 2.56. The Labute approximate surface area is 96.1 Å². The Morgan fingerprint density at radius 1 is 1.50 bits per heavy atom. The summed E-state index contributed by atoms with van der Waals surface area (Å²) in [7, 11) is -3.52. The minimum Gasteiger partial charge on any atom is -0.375 e. The predicted molar refractivity (Wildman–Crippen MR) is 61.7 cm³/mol. The van der Waals surface area contributed by atoms with E-state index in [2.05, 4.69) is 4.98 Å². The third-order valence-electron chi connectivity index (χ3n) is 1.99. The van der Waals surface area contributed by atoms with Crippen molar-refractivity contribution in [3.05, 3.63) is 18.2 Å². The number of hydrogen-bond donors (Lipinski definition) is 1. The van der Waals surface area contributed by atoms with Crippen LogP contribution in [0.15, 0.2) is 23.1 Å². The number of thiazole rings is 1. The van der Waals surface area contributed by atoms with E-state index in [1.54, 1.807) is 12.1 Å². The fraction of sp³-hybridized carbons (Fsp3) is 0.111. The van der Waals surface area contributed by atoms with Crippen molar-refractivity contribution in [2.24, 2.45) is 0 Å². The van der Waals surface area contributed by atoms with Crippen molar-refractivity contribution in [2.45, 2.75) is 4.90 Å². The number of fused-ring (bicyclic) bond motifs is 1. The Bertz CT molecular complexity index is 682. The number of anilines is 1. The fourth-order valence-corrected chi connectivity index (χ4v) is 3.04. The van der Waals surface area contributed by atoms with Gasteiger partial charge in [0.15, 0.2) is 15.0 Å². The Morgan fingerprint density at radius 2 is 2.25 bits per heavy atom. The van der Waals surface area contributed by atoms with Crippen molar-refractivity contribution in [2.75, 3.05) is 11.5 Å². The normalized spacial score (nSPS) is 11.4. The summed E-state index contributed by atoms with van der Waals surface area (Å²) in [5, 5.41) is 8.82. The van der Waals surface area contributed by atoms with Gasteiger partial charge in [-0.3, -0.25) is 0 Å². The predicted octanol–water partition coefficient (Wildman–Crippen LogP) is 1.18. The van der Waals surface area contributed by atoms with Gasteiger partial charge in [-0.2, -0.15) is 5.26 Å². The number of nitrogens with two attached hydrogens (primary N) is 1. The van der Waals surface area contributed by atoms with E-state index in [4.69, 9.17) is 11.0 Å². The van der Waals surface area contributed by atoms with Crippen molar-refractivity contribution in [1.29, 1.82) is 5.26 Å². The molecule has 0 amide bonds. The lowest BCUT2D eigenvalue weighted by atomic mass is 10.3. The summed E-state index contributed by atoms with van der Waals surface area (Å²) in [5.41, 5.74) is 6.18. The first-order valence-corrected chi connectivity index (χ1v) is 6.75. The molecule has 0 aliphatic rings. The molecule has 1 heterocycles.